The number of ether oxygens (including phenoxy) is 2. The van der Waals surface area contributed by atoms with Gasteiger partial charge < -0.3 is 15.2 Å². The predicted molar refractivity (Wildman–Crippen MR) is 74.5 cm³/mol. The van der Waals surface area contributed by atoms with Gasteiger partial charge >= 0.3 is 0 Å². The Bertz CT molecular complexity index is 556. The summed E-state index contributed by atoms with van der Waals surface area (Å²) in [6, 6.07) is 6.64. The largest absolute Gasteiger partial charge is 0.496 e. The monoisotopic (exact) mass is 281 g/mol. The van der Waals surface area contributed by atoms with Crippen LogP contribution in [0.3, 0.4) is 0 Å². The zero-order valence-corrected chi connectivity index (χ0v) is 11.7. The summed E-state index contributed by atoms with van der Waals surface area (Å²) in [6.07, 6.45) is 0.403. The molecule has 0 radical (unpaired) electrons. The smallest absolute Gasteiger partial charge is 0.168 e. The van der Waals surface area contributed by atoms with Gasteiger partial charge in [-0.25, -0.2) is 4.39 Å². The highest BCUT2D eigenvalue weighted by atomic mass is 32.1. The Labute approximate surface area is 115 Å². The standard InChI is InChI=1S/C14H16FNO2S/c1-17-11-5-3-4-9(13(11)15)8-10(16)14-12(18-2)6-7-19-14/h3-7,10H,8,16H2,1-2H3. The van der Waals surface area contributed by atoms with E-state index in [9.17, 15) is 4.39 Å². The summed E-state index contributed by atoms with van der Waals surface area (Å²) in [5.74, 6) is 0.639. The van der Waals surface area contributed by atoms with E-state index in [0.717, 1.165) is 10.6 Å². The van der Waals surface area contributed by atoms with Crippen molar-refractivity contribution in [1.29, 1.82) is 0 Å². The average Bonchev–Trinajstić information content (AvgIpc) is 2.89. The van der Waals surface area contributed by atoms with Crippen LogP contribution in [0.1, 0.15) is 16.5 Å². The number of hydrogen-bond donors (Lipinski definition) is 1. The molecule has 2 aromatic rings. The van der Waals surface area contributed by atoms with Gasteiger partial charge in [0.1, 0.15) is 5.75 Å². The fourth-order valence-corrected chi connectivity index (χ4v) is 2.81. The molecule has 0 aliphatic rings. The lowest BCUT2D eigenvalue weighted by Gasteiger charge is -2.13. The van der Waals surface area contributed by atoms with Crippen LogP contribution in [0, 0.1) is 5.82 Å². The van der Waals surface area contributed by atoms with Crippen LogP contribution in [0.4, 0.5) is 4.39 Å². The molecule has 2 N–H and O–H groups in total. The van der Waals surface area contributed by atoms with Crippen molar-refractivity contribution < 1.29 is 13.9 Å². The Balaban J connectivity index is 2.22. The van der Waals surface area contributed by atoms with Gasteiger partial charge in [0.2, 0.25) is 0 Å². The zero-order valence-electron chi connectivity index (χ0n) is 10.9. The third kappa shape index (κ3) is 2.88. The number of methoxy groups -OCH3 is 2. The number of thiophene rings is 1. The summed E-state index contributed by atoms with van der Waals surface area (Å²) in [5.41, 5.74) is 6.68. The van der Waals surface area contributed by atoms with Gasteiger partial charge in [-0.2, -0.15) is 0 Å². The van der Waals surface area contributed by atoms with E-state index in [1.54, 1.807) is 25.3 Å². The van der Waals surface area contributed by atoms with Crippen LogP contribution in [0.15, 0.2) is 29.6 Å². The van der Waals surface area contributed by atoms with Crippen molar-refractivity contribution in [3.05, 3.63) is 45.9 Å². The van der Waals surface area contributed by atoms with E-state index in [2.05, 4.69) is 0 Å². The van der Waals surface area contributed by atoms with E-state index in [0.29, 0.717) is 12.0 Å². The Morgan fingerprint density at radius 2 is 1.95 bits per heavy atom. The molecule has 0 fully saturated rings. The maximum absolute atomic E-state index is 14.0. The minimum absolute atomic E-state index is 0.239. The number of rotatable bonds is 5. The van der Waals surface area contributed by atoms with Gasteiger partial charge in [-0.15, -0.1) is 11.3 Å². The highest BCUT2D eigenvalue weighted by Crippen LogP contribution is 2.32. The van der Waals surface area contributed by atoms with Crippen LogP contribution in [-0.2, 0) is 6.42 Å². The second-order valence-corrected chi connectivity index (χ2v) is 5.04. The molecule has 3 nitrogen and oxygen atoms in total. The molecule has 1 heterocycles. The summed E-state index contributed by atoms with van der Waals surface area (Å²) >= 11 is 1.51. The molecule has 0 bridgehead atoms. The first kappa shape index (κ1) is 13.8. The van der Waals surface area contributed by atoms with Gasteiger partial charge in [0, 0.05) is 6.04 Å². The van der Waals surface area contributed by atoms with Crippen LogP contribution in [0.25, 0.3) is 0 Å². The Morgan fingerprint density at radius 1 is 1.21 bits per heavy atom. The molecule has 0 aliphatic heterocycles. The number of hydrogen-bond acceptors (Lipinski definition) is 4. The minimum Gasteiger partial charge on any atom is -0.496 e. The fourth-order valence-electron chi connectivity index (χ4n) is 1.95. The van der Waals surface area contributed by atoms with Crippen LogP contribution in [0.5, 0.6) is 11.5 Å². The summed E-state index contributed by atoms with van der Waals surface area (Å²) in [5, 5.41) is 1.91. The molecule has 5 heteroatoms. The first-order valence-corrected chi connectivity index (χ1v) is 6.73. The summed E-state index contributed by atoms with van der Waals surface area (Å²) in [6.45, 7) is 0. The second kappa shape index (κ2) is 6.04. The maximum Gasteiger partial charge on any atom is 0.168 e. The van der Waals surface area contributed by atoms with Gasteiger partial charge in [0.25, 0.3) is 0 Å². The lowest BCUT2D eigenvalue weighted by Crippen LogP contribution is -2.13. The third-order valence-electron chi connectivity index (χ3n) is 2.92. The van der Waals surface area contributed by atoms with E-state index < -0.39 is 0 Å². The van der Waals surface area contributed by atoms with Crippen LogP contribution in [0.2, 0.25) is 0 Å². The van der Waals surface area contributed by atoms with E-state index in [1.807, 2.05) is 11.4 Å². The molecule has 0 saturated carbocycles. The summed E-state index contributed by atoms with van der Waals surface area (Å²) in [7, 11) is 3.05. The van der Waals surface area contributed by atoms with Crippen LogP contribution >= 0.6 is 11.3 Å². The van der Waals surface area contributed by atoms with Crippen molar-refractivity contribution in [3.8, 4) is 11.5 Å². The molecule has 1 aromatic carbocycles. The molecule has 1 unspecified atom stereocenters. The third-order valence-corrected chi connectivity index (χ3v) is 3.95. The van der Waals surface area contributed by atoms with E-state index in [4.69, 9.17) is 15.2 Å². The topological polar surface area (TPSA) is 44.5 Å². The molecule has 0 aliphatic carbocycles. The molecule has 0 spiro atoms. The van der Waals surface area contributed by atoms with Gasteiger partial charge in [-0.1, -0.05) is 12.1 Å². The average molecular weight is 281 g/mol. The van der Waals surface area contributed by atoms with E-state index in [-0.39, 0.29) is 17.6 Å². The quantitative estimate of drug-likeness (QED) is 0.915. The molecule has 0 amide bonds. The molecule has 102 valence electrons. The number of nitrogens with two attached hydrogens (primary N) is 1. The lowest BCUT2D eigenvalue weighted by molar-refractivity contribution is 0.383. The van der Waals surface area contributed by atoms with Crippen LogP contribution in [-0.4, -0.2) is 14.2 Å². The normalized spacial score (nSPS) is 12.2. The number of halogens is 1. The zero-order chi connectivity index (χ0) is 13.8. The second-order valence-electron chi connectivity index (χ2n) is 4.10. The predicted octanol–water partition coefficient (Wildman–Crippen LogP) is 3.15. The number of benzene rings is 1. The maximum atomic E-state index is 14.0. The van der Waals surface area contributed by atoms with Crippen molar-refractivity contribution in [2.24, 2.45) is 5.73 Å². The van der Waals surface area contributed by atoms with Crippen molar-refractivity contribution >= 4 is 11.3 Å². The van der Waals surface area contributed by atoms with Gasteiger partial charge in [-0.3, -0.25) is 0 Å². The molecular formula is C14H16FNO2S. The Morgan fingerprint density at radius 3 is 2.63 bits per heavy atom. The first-order valence-electron chi connectivity index (χ1n) is 5.85. The lowest BCUT2D eigenvalue weighted by atomic mass is 10.0. The van der Waals surface area contributed by atoms with Crippen LogP contribution < -0.4 is 15.2 Å². The summed E-state index contributed by atoms with van der Waals surface area (Å²) in [4.78, 5) is 0.921. The molecule has 19 heavy (non-hydrogen) atoms. The molecule has 1 aromatic heterocycles. The van der Waals surface area contributed by atoms with E-state index >= 15 is 0 Å². The van der Waals surface area contributed by atoms with E-state index in [1.165, 1.54) is 18.4 Å². The molecular weight excluding hydrogens is 265 g/mol. The van der Waals surface area contributed by atoms with Gasteiger partial charge in [-0.05, 0) is 29.5 Å². The van der Waals surface area contributed by atoms with Crippen molar-refractivity contribution in [1.82, 2.24) is 0 Å². The Hall–Kier alpha value is -1.59. The highest BCUT2D eigenvalue weighted by molar-refractivity contribution is 7.10. The van der Waals surface area contributed by atoms with Crippen molar-refractivity contribution in [2.75, 3.05) is 14.2 Å². The van der Waals surface area contributed by atoms with Crippen molar-refractivity contribution in [2.45, 2.75) is 12.5 Å². The molecule has 1 atom stereocenters. The van der Waals surface area contributed by atoms with Gasteiger partial charge in [0.05, 0.1) is 19.1 Å². The first-order chi connectivity index (χ1) is 9.17. The fraction of sp³-hybridized carbons (Fsp3) is 0.286. The minimum atomic E-state index is -0.351. The summed E-state index contributed by atoms with van der Waals surface area (Å²) < 4.78 is 24.2. The molecule has 0 saturated heterocycles. The van der Waals surface area contributed by atoms with Crippen molar-refractivity contribution in [3.63, 3.8) is 0 Å². The SMILES string of the molecule is COc1ccsc1C(N)Cc1cccc(OC)c1F. The molecule has 2 rings (SSSR count). The highest BCUT2D eigenvalue weighted by Gasteiger charge is 2.17. The van der Waals surface area contributed by atoms with Gasteiger partial charge in [0.15, 0.2) is 11.6 Å². The Kier molecular flexibility index (Phi) is 4.39.